The third-order valence-corrected chi connectivity index (χ3v) is 14.2. The fourth-order valence-corrected chi connectivity index (χ4v) is 10.9. The molecule has 6 aliphatic rings. The van der Waals surface area contributed by atoms with Gasteiger partial charge >= 0.3 is 11.9 Å². The zero-order chi connectivity index (χ0) is 50.2. The van der Waals surface area contributed by atoms with E-state index in [9.17, 15) is 39.9 Å². The Morgan fingerprint density at radius 2 is 1.62 bits per heavy atom. The first-order valence-electron chi connectivity index (χ1n) is 24.3. The summed E-state index contributed by atoms with van der Waals surface area (Å²) in [5.41, 5.74) is 0.444. The number of likely N-dealkylation sites (tertiary alicyclic amines) is 1. The Morgan fingerprint density at radius 3 is 2.30 bits per heavy atom. The summed E-state index contributed by atoms with van der Waals surface area (Å²) in [7, 11) is 0. The van der Waals surface area contributed by atoms with E-state index in [1.807, 2.05) is 84.9 Å². The van der Waals surface area contributed by atoms with Crippen LogP contribution in [0.15, 0.2) is 91.0 Å². The summed E-state index contributed by atoms with van der Waals surface area (Å²) in [5, 5.41) is 54.8. The summed E-state index contributed by atoms with van der Waals surface area (Å²) in [6, 6.07) is 23.1. The van der Waals surface area contributed by atoms with Gasteiger partial charge in [-0.15, -0.1) is 0 Å². The lowest BCUT2D eigenvalue weighted by Crippen LogP contribution is -2.70. The highest BCUT2D eigenvalue weighted by molar-refractivity contribution is 5.96. The number of carbonyl (C=O) groups excluding carboxylic acids is 4. The van der Waals surface area contributed by atoms with E-state index < -0.39 is 127 Å². The quantitative estimate of drug-likeness (QED) is 0.112. The lowest BCUT2D eigenvalue weighted by atomic mass is 9.62. The van der Waals surface area contributed by atoms with Gasteiger partial charge < -0.3 is 64.2 Å². The average molecular weight is 986 g/mol. The monoisotopic (exact) mass is 985 g/mol. The Balaban J connectivity index is 1.00. The molecule has 382 valence electrons. The summed E-state index contributed by atoms with van der Waals surface area (Å²) in [4.78, 5) is 65.7. The maximum atomic E-state index is 15.8. The molecule has 1 saturated carbocycles. The van der Waals surface area contributed by atoms with Crippen molar-refractivity contribution >= 4 is 29.8 Å². The van der Waals surface area contributed by atoms with Crippen LogP contribution in [0.5, 0.6) is 0 Å². The van der Waals surface area contributed by atoms with Gasteiger partial charge in [-0.2, -0.15) is 5.06 Å². The van der Waals surface area contributed by atoms with Crippen LogP contribution < -0.4 is 5.32 Å². The molecule has 3 aromatic carbocycles. The van der Waals surface area contributed by atoms with E-state index in [1.165, 1.54) is 9.96 Å². The molecule has 0 spiro atoms. The van der Waals surface area contributed by atoms with E-state index in [-0.39, 0.29) is 39.0 Å². The minimum absolute atomic E-state index is 0.00477. The molecule has 5 aliphatic heterocycles. The van der Waals surface area contributed by atoms with Crippen molar-refractivity contribution in [1.82, 2.24) is 15.3 Å². The molecule has 19 heteroatoms. The molecule has 19 nitrogen and oxygen atoms in total. The molecule has 1 aliphatic carbocycles. The van der Waals surface area contributed by atoms with Gasteiger partial charge in [-0.05, 0) is 51.2 Å². The van der Waals surface area contributed by atoms with Crippen molar-refractivity contribution < 1.29 is 78.0 Å². The predicted octanol–water partition coefficient (Wildman–Crippen LogP) is 1.59. The zero-order valence-corrected chi connectivity index (χ0v) is 39.9. The van der Waals surface area contributed by atoms with Gasteiger partial charge in [0, 0.05) is 30.5 Å². The Labute approximate surface area is 411 Å². The van der Waals surface area contributed by atoms with Crippen LogP contribution in [0.1, 0.15) is 75.1 Å². The van der Waals surface area contributed by atoms with Crippen LogP contribution in [0.4, 0.5) is 0 Å². The number of nitrogens with one attached hydrogen (secondary N) is 1. The SMILES string of the molecule is CC(C)(C)OC(=O)CCC(CO)NC(=O)C1CCCN1C(=O)C12CC3OC(=O)C1N(Cc1cccc(C=CCOC4OC(CO)C(O)C(O)C4O)c1)OC2C1OC(c2ccccc2)(c2ccccc2)OC31. The molecule has 5 saturated heterocycles. The van der Waals surface area contributed by atoms with Gasteiger partial charge in [0.1, 0.15) is 65.9 Å². The van der Waals surface area contributed by atoms with E-state index in [0.717, 1.165) is 5.56 Å². The maximum Gasteiger partial charge on any atom is 0.327 e. The molecular weight excluding hydrogens is 923 g/mol. The second-order valence-electron chi connectivity index (χ2n) is 20.1. The van der Waals surface area contributed by atoms with Crippen LogP contribution in [0.3, 0.4) is 0 Å². The summed E-state index contributed by atoms with van der Waals surface area (Å²) in [5.74, 6) is -3.62. The molecule has 71 heavy (non-hydrogen) atoms. The number of carbonyl (C=O) groups is 4. The zero-order valence-electron chi connectivity index (χ0n) is 39.9. The molecule has 9 rings (SSSR count). The standard InChI is InChI=1S/C52H63N3O16/c1-50(2,3)68-38(58)22-21-34(28-56)53-46(62)35-20-11-23-54(35)49(64)51-26-36-42-43(70-52(69-42,32-16-6-4-7-17-32)33-18-8-5-9-19-33)45(51)71-55(44(51)47(63)66-36)27-31-14-10-13-30(25-31)15-12-24-65-48-41(61)40(60)39(59)37(29-57)67-48/h4-10,12-19,25,34-37,39-45,48,56-57,59-61H,11,20-24,26-29H2,1-3H3,(H,53,62). The van der Waals surface area contributed by atoms with Gasteiger partial charge in [-0.1, -0.05) is 97.1 Å². The number of nitrogens with zero attached hydrogens (tertiary/aromatic N) is 2. The van der Waals surface area contributed by atoms with Crippen LogP contribution >= 0.6 is 0 Å². The molecule has 0 aromatic heterocycles. The molecule has 6 N–H and O–H groups in total. The van der Waals surface area contributed by atoms with Crippen LogP contribution in [0.2, 0.25) is 0 Å². The molecule has 13 atom stereocenters. The molecule has 13 unspecified atom stereocenters. The van der Waals surface area contributed by atoms with E-state index in [2.05, 4.69) is 5.32 Å². The Bertz CT molecular complexity index is 2380. The first kappa shape index (κ1) is 50.8. The topological polar surface area (TPSA) is 253 Å². The smallest absolute Gasteiger partial charge is 0.327 e. The molecule has 5 heterocycles. The van der Waals surface area contributed by atoms with E-state index >= 15 is 4.79 Å². The summed E-state index contributed by atoms with van der Waals surface area (Å²) < 4.78 is 37.0. The first-order valence-corrected chi connectivity index (χ1v) is 24.3. The van der Waals surface area contributed by atoms with Crippen molar-refractivity contribution in [2.45, 2.75) is 144 Å². The highest BCUT2D eigenvalue weighted by atomic mass is 16.8. The number of rotatable bonds is 16. The van der Waals surface area contributed by atoms with Crippen LogP contribution in [0.25, 0.3) is 6.08 Å². The van der Waals surface area contributed by atoms with Crippen LogP contribution in [-0.2, 0) is 64.8 Å². The molecule has 6 fully saturated rings. The van der Waals surface area contributed by atoms with E-state index in [0.29, 0.717) is 29.5 Å². The first-order chi connectivity index (χ1) is 34.1. The third-order valence-electron chi connectivity index (χ3n) is 14.2. The second kappa shape index (κ2) is 20.8. The van der Waals surface area contributed by atoms with Crippen molar-refractivity contribution in [2.24, 2.45) is 5.41 Å². The largest absolute Gasteiger partial charge is 0.460 e. The molecule has 0 radical (unpaired) electrons. The summed E-state index contributed by atoms with van der Waals surface area (Å²) >= 11 is 0. The fourth-order valence-electron chi connectivity index (χ4n) is 10.9. The lowest BCUT2D eigenvalue weighted by molar-refractivity contribution is -0.298. The number of benzene rings is 3. The number of aliphatic hydroxyl groups is 5. The highest BCUT2D eigenvalue weighted by Crippen LogP contribution is 2.60. The Kier molecular flexibility index (Phi) is 14.8. The van der Waals surface area contributed by atoms with Gasteiger partial charge in [0.2, 0.25) is 17.6 Å². The number of amides is 2. The number of hydrogen-bond acceptors (Lipinski definition) is 17. The fraction of sp³-hybridized carbons (Fsp3) is 0.538. The van der Waals surface area contributed by atoms with Gasteiger partial charge in [-0.25, -0.2) is 0 Å². The molecule has 2 amide bonds. The Morgan fingerprint density at radius 1 is 0.915 bits per heavy atom. The van der Waals surface area contributed by atoms with Gasteiger partial charge in [0.05, 0.1) is 32.4 Å². The van der Waals surface area contributed by atoms with E-state index in [4.69, 9.17) is 33.3 Å². The molecule has 2 bridgehead atoms. The second-order valence-corrected chi connectivity index (χ2v) is 20.1. The Hall–Kier alpha value is -5.16. The van der Waals surface area contributed by atoms with Gasteiger partial charge in [-0.3, -0.25) is 24.0 Å². The van der Waals surface area contributed by atoms with Crippen molar-refractivity contribution in [1.29, 1.82) is 0 Å². The minimum atomic E-state index is -1.62. The van der Waals surface area contributed by atoms with Crippen molar-refractivity contribution in [3.8, 4) is 0 Å². The number of aliphatic hydroxyl groups excluding tert-OH is 5. The van der Waals surface area contributed by atoms with Crippen LogP contribution in [0, 0.1) is 5.41 Å². The maximum absolute atomic E-state index is 15.8. The van der Waals surface area contributed by atoms with Crippen molar-refractivity contribution in [2.75, 3.05) is 26.4 Å². The van der Waals surface area contributed by atoms with Gasteiger partial charge in [0.25, 0.3) is 0 Å². The van der Waals surface area contributed by atoms with Gasteiger partial charge in [0.15, 0.2) is 12.3 Å². The minimum Gasteiger partial charge on any atom is -0.460 e. The van der Waals surface area contributed by atoms with Crippen LogP contribution in [-0.4, -0.2) is 164 Å². The number of hydroxylamine groups is 2. The normalized spacial score (nSPS) is 32.6. The summed E-state index contributed by atoms with van der Waals surface area (Å²) in [6.45, 7) is 4.38. The number of esters is 2. The van der Waals surface area contributed by atoms with Crippen molar-refractivity contribution in [3.05, 3.63) is 113 Å². The third kappa shape index (κ3) is 9.90. The molecular formula is C52H63N3O16. The summed E-state index contributed by atoms with van der Waals surface area (Å²) in [6.07, 6.45) is -6.67. The molecule has 3 aromatic rings. The predicted molar refractivity (Wildman–Crippen MR) is 249 cm³/mol. The number of fused-ring (bicyclic) bond motifs is 4. The van der Waals surface area contributed by atoms with Crippen molar-refractivity contribution in [3.63, 3.8) is 0 Å². The number of hydrogen-bond donors (Lipinski definition) is 6. The highest BCUT2D eigenvalue weighted by Gasteiger charge is 2.77. The number of ether oxygens (including phenoxy) is 6. The van der Waals surface area contributed by atoms with E-state index in [1.54, 1.807) is 32.9 Å². The average Bonchev–Trinajstić information content (AvgIpc) is 4.11. The lowest BCUT2D eigenvalue weighted by Gasteiger charge is -2.50.